The average Bonchev–Trinajstić information content (AvgIpc) is 3.03. The number of halogens is 1. The zero-order chi connectivity index (χ0) is 15.1. The molecule has 0 aliphatic heterocycles. The number of aliphatic hydroxyl groups excluding tert-OH is 1. The molecule has 2 aromatic heterocycles. The van der Waals surface area contributed by atoms with Crippen molar-refractivity contribution >= 4 is 21.6 Å². The second-order valence-electron chi connectivity index (χ2n) is 5.61. The second-order valence-corrected chi connectivity index (χ2v) is 6.36. The minimum absolute atomic E-state index is 0.0343. The summed E-state index contributed by atoms with van der Waals surface area (Å²) in [6, 6.07) is 14.1. The number of nitrogens with one attached hydrogen (secondary N) is 1. The quantitative estimate of drug-likeness (QED) is 0.757. The van der Waals surface area contributed by atoms with E-state index in [1.165, 1.54) is 11.1 Å². The van der Waals surface area contributed by atoms with E-state index >= 15 is 0 Å². The van der Waals surface area contributed by atoms with Crippen molar-refractivity contribution in [3.05, 3.63) is 70.1 Å². The van der Waals surface area contributed by atoms with Crippen molar-refractivity contribution in [3.8, 4) is 0 Å². The van der Waals surface area contributed by atoms with Crippen LogP contribution in [0.25, 0.3) is 5.65 Å². The molecule has 2 N–H and O–H groups in total. The van der Waals surface area contributed by atoms with Gasteiger partial charge in [-0.05, 0) is 39.2 Å². The summed E-state index contributed by atoms with van der Waals surface area (Å²) in [5, 5.41) is 13.7. The Labute approximate surface area is 136 Å². The molecule has 1 aliphatic carbocycles. The van der Waals surface area contributed by atoms with Crippen LogP contribution in [-0.4, -0.2) is 20.6 Å². The lowest BCUT2D eigenvalue weighted by atomic mass is 10.1. The molecule has 0 amide bonds. The predicted molar refractivity (Wildman–Crippen MR) is 88.6 cm³/mol. The molecular weight excluding hydrogens is 342 g/mol. The summed E-state index contributed by atoms with van der Waals surface area (Å²) in [4.78, 5) is 4.63. The van der Waals surface area contributed by atoms with Gasteiger partial charge in [0, 0.05) is 19.2 Å². The van der Waals surface area contributed by atoms with Crippen LogP contribution >= 0.6 is 15.9 Å². The van der Waals surface area contributed by atoms with Crippen molar-refractivity contribution in [2.45, 2.75) is 25.1 Å². The molecule has 0 unspecified atom stereocenters. The van der Waals surface area contributed by atoms with Crippen molar-refractivity contribution in [1.29, 1.82) is 0 Å². The van der Waals surface area contributed by atoms with Crippen molar-refractivity contribution in [3.63, 3.8) is 0 Å². The first kappa shape index (κ1) is 13.9. The van der Waals surface area contributed by atoms with Crippen LogP contribution in [0.15, 0.2) is 53.3 Å². The first-order chi connectivity index (χ1) is 10.7. The Morgan fingerprint density at radius 3 is 2.91 bits per heavy atom. The van der Waals surface area contributed by atoms with E-state index in [9.17, 15) is 5.11 Å². The molecule has 2 heterocycles. The number of rotatable bonds is 3. The van der Waals surface area contributed by atoms with E-state index in [0.717, 1.165) is 15.9 Å². The van der Waals surface area contributed by atoms with E-state index in [0.29, 0.717) is 13.0 Å². The van der Waals surface area contributed by atoms with Crippen molar-refractivity contribution in [2.24, 2.45) is 0 Å². The Morgan fingerprint density at radius 1 is 1.23 bits per heavy atom. The van der Waals surface area contributed by atoms with Gasteiger partial charge in [-0.1, -0.05) is 30.3 Å². The van der Waals surface area contributed by atoms with Gasteiger partial charge in [0.05, 0.1) is 17.8 Å². The van der Waals surface area contributed by atoms with Gasteiger partial charge in [0.25, 0.3) is 0 Å². The number of aliphatic hydroxyl groups is 1. The third-order valence-corrected chi connectivity index (χ3v) is 5.07. The van der Waals surface area contributed by atoms with Crippen molar-refractivity contribution in [2.75, 3.05) is 0 Å². The number of imidazole rings is 1. The highest BCUT2D eigenvalue weighted by atomic mass is 79.9. The number of hydrogen-bond donors (Lipinski definition) is 2. The molecule has 4 rings (SSSR count). The maximum atomic E-state index is 10.3. The summed E-state index contributed by atoms with van der Waals surface area (Å²) in [6.07, 6.45) is 2.31. The predicted octanol–water partition coefficient (Wildman–Crippen LogP) is 2.84. The summed E-state index contributed by atoms with van der Waals surface area (Å²) in [7, 11) is 0. The Morgan fingerprint density at radius 2 is 2.05 bits per heavy atom. The summed E-state index contributed by atoms with van der Waals surface area (Å²) >= 11 is 3.61. The third kappa shape index (κ3) is 2.26. The molecule has 0 saturated heterocycles. The average molecular weight is 358 g/mol. The monoisotopic (exact) mass is 357 g/mol. The normalized spacial score (nSPS) is 20.5. The van der Waals surface area contributed by atoms with Gasteiger partial charge in [0.1, 0.15) is 10.3 Å². The maximum absolute atomic E-state index is 10.3. The first-order valence-electron chi connectivity index (χ1n) is 7.35. The molecule has 112 valence electrons. The second kappa shape index (κ2) is 5.50. The molecule has 5 heteroatoms. The smallest absolute Gasteiger partial charge is 0.137 e. The van der Waals surface area contributed by atoms with Crippen LogP contribution in [0.3, 0.4) is 0 Å². The molecule has 1 aromatic carbocycles. The highest BCUT2D eigenvalue weighted by molar-refractivity contribution is 9.10. The zero-order valence-electron chi connectivity index (χ0n) is 11.9. The lowest BCUT2D eigenvalue weighted by Gasteiger charge is -2.17. The maximum Gasteiger partial charge on any atom is 0.137 e. The third-order valence-electron chi connectivity index (χ3n) is 4.23. The standard InChI is InChI=1S/C17H16BrN3O/c18-17-13(20-15-7-3-4-8-21(15)17)10-19-16-12-6-2-1-5-11(12)9-14(16)22/h1-8,14,16,19,22H,9-10H2/t14-,16+/m0/s1. The van der Waals surface area contributed by atoms with Crippen LogP contribution in [-0.2, 0) is 13.0 Å². The first-order valence-corrected chi connectivity index (χ1v) is 8.14. The number of aromatic nitrogens is 2. The van der Waals surface area contributed by atoms with Crippen LogP contribution in [0, 0.1) is 0 Å². The SMILES string of the molecule is O[C@H]1Cc2ccccc2[C@H]1NCc1nc2ccccn2c1Br. The molecule has 2 atom stereocenters. The van der Waals surface area contributed by atoms with Crippen molar-refractivity contribution in [1.82, 2.24) is 14.7 Å². The van der Waals surface area contributed by atoms with Crippen LogP contribution in [0.4, 0.5) is 0 Å². The Bertz CT molecular complexity index is 830. The van der Waals surface area contributed by atoms with Gasteiger partial charge in [-0.2, -0.15) is 0 Å². The van der Waals surface area contributed by atoms with Crippen LogP contribution in [0.2, 0.25) is 0 Å². The molecule has 0 spiro atoms. The summed E-state index contributed by atoms with van der Waals surface area (Å²) in [6.45, 7) is 0.609. The topological polar surface area (TPSA) is 49.6 Å². The molecule has 4 nitrogen and oxygen atoms in total. The number of hydrogen-bond acceptors (Lipinski definition) is 3. The fourth-order valence-corrected chi connectivity index (χ4v) is 3.68. The lowest BCUT2D eigenvalue weighted by molar-refractivity contribution is 0.140. The number of pyridine rings is 1. The molecule has 1 aliphatic rings. The Balaban J connectivity index is 1.58. The summed E-state index contributed by atoms with van der Waals surface area (Å²) in [5.74, 6) is 0. The van der Waals surface area contributed by atoms with Gasteiger partial charge >= 0.3 is 0 Å². The van der Waals surface area contributed by atoms with Crippen LogP contribution in [0.1, 0.15) is 22.9 Å². The number of nitrogens with zero attached hydrogens (tertiary/aromatic N) is 2. The van der Waals surface area contributed by atoms with Gasteiger partial charge in [-0.15, -0.1) is 0 Å². The summed E-state index contributed by atoms with van der Waals surface area (Å²) in [5.41, 5.74) is 4.28. The highest BCUT2D eigenvalue weighted by Crippen LogP contribution is 2.31. The molecule has 0 fully saturated rings. The number of fused-ring (bicyclic) bond motifs is 2. The lowest BCUT2D eigenvalue weighted by Crippen LogP contribution is -2.28. The fraction of sp³-hybridized carbons (Fsp3) is 0.235. The van der Waals surface area contributed by atoms with E-state index in [1.54, 1.807) is 0 Å². The molecule has 0 radical (unpaired) electrons. The molecular formula is C17H16BrN3O. The molecule has 3 aromatic rings. The fourth-order valence-electron chi connectivity index (χ4n) is 3.15. The van der Waals surface area contributed by atoms with E-state index in [-0.39, 0.29) is 12.1 Å². The number of benzene rings is 1. The van der Waals surface area contributed by atoms with Crippen molar-refractivity contribution < 1.29 is 5.11 Å². The van der Waals surface area contributed by atoms with E-state index < -0.39 is 0 Å². The van der Waals surface area contributed by atoms with E-state index in [1.807, 2.05) is 40.9 Å². The minimum atomic E-state index is -0.381. The summed E-state index contributed by atoms with van der Waals surface area (Å²) < 4.78 is 2.96. The largest absolute Gasteiger partial charge is 0.391 e. The molecule has 0 saturated carbocycles. The van der Waals surface area contributed by atoms with Gasteiger partial charge in [0.15, 0.2) is 0 Å². The van der Waals surface area contributed by atoms with E-state index in [4.69, 9.17) is 0 Å². The van der Waals surface area contributed by atoms with Gasteiger partial charge in [-0.3, -0.25) is 4.40 Å². The van der Waals surface area contributed by atoms with Crippen LogP contribution in [0.5, 0.6) is 0 Å². The van der Waals surface area contributed by atoms with Gasteiger partial charge < -0.3 is 10.4 Å². The Kier molecular flexibility index (Phi) is 3.48. The highest BCUT2D eigenvalue weighted by Gasteiger charge is 2.30. The molecule has 0 bridgehead atoms. The van der Waals surface area contributed by atoms with E-state index in [2.05, 4.69) is 38.4 Å². The van der Waals surface area contributed by atoms with Gasteiger partial charge in [-0.25, -0.2) is 4.98 Å². The Hall–Kier alpha value is -1.69. The van der Waals surface area contributed by atoms with Gasteiger partial charge in [0.2, 0.25) is 0 Å². The minimum Gasteiger partial charge on any atom is -0.391 e. The van der Waals surface area contributed by atoms with Crippen LogP contribution < -0.4 is 5.32 Å². The molecule has 22 heavy (non-hydrogen) atoms. The zero-order valence-corrected chi connectivity index (χ0v) is 13.5.